The van der Waals surface area contributed by atoms with Crippen LogP contribution in [0.1, 0.15) is 35.2 Å². The molecule has 2 rings (SSSR count). The summed E-state index contributed by atoms with van der Waals surface area (Å²) < 4.78 is 0. The maximum atomic E-state index is 12.5. The predicted molar refractivity (Wildman–Crippen MR) is 78.8 cm³/mol. The number of aryl methyl sites for hydroxylation is 1. The Morgan fingerprint density at radius 2 is 2.16 bits per heavy atom. The lowest BCUT2D eigenvalue weighted by atomic mass is 10.1. The molecule has 1 aliphatic heterocycles. The Kier molecular flexibility index (Phi) is 4.83. The lowest BCUT2D eigenvalue weighted by Crippen LogP contribution is -2.37. The van der Waals surface area contributed by atoms with Crippen LogP contribution in [0.5, 0.6) is 0 Å². The van der Waals surface area contributed by atoms with Gasteiger partial charge in [-0.15, -0.1) is 0 Å². The number of amides is 1. The number of carbonyl (C=O) groups excluding carboxylic acids is 1. The lowest BCUT2D eigenvalue weighted by Gasteiger charge is -2.27. The molecule has 3 nitrogen and oxygen atoms in total. The van der Waals surface area contributed by atoms with Crippen molar-refractivity contribution < 1.29 is 4.79 Å². The van der Waals surface area contributed by atoms with Crippen molar-refractivity contribution >= 4 is 17.5 Å². The van der Waals surface area contributed by atoms with Gasteiger partial charge in [-0.05, 0) is 63.0 Å². The predicted octanol–water partition coefficient (Wildman–Crippen LogP) is 2.86. The first-order valence-electron chi connectivity index (χ1n) is 6.83. The summed E-state index contributed by atoms with van der Waals surface area (Å²) in [5.41, 5.74) is 1.67. The summed E-state index contributed by atoms with van der Waals surface area (Å²) in [7, 11) is 1.91. The van der Waals surface area contributed by atoms with E-state index in [9.17, 15) is 4.79 Å². The second-order valence-electron chi connectivity index (χ2n) is 5.21. The average Bonchev–Trinajstić information content (AvgIpc) is 2.69. The van der Waals surface area contributed by atoms with Gasteiger partial charge in [0.25, 0.3) is 5.91 Å². The van der Waals surface area contributed by atoms with Gasteiger partial charge in [0.15, 0.2) is 0 Å². The monoisotopic (exact) mass is 280 g/mol. The van der Waals surface area contributed by atoms with Crippen LogP contribution in [0.4, 0.5) is 0 Å². The molecule has 1 aromatic rings. The van der Waals surface area contributed by atoms with Crippen LogP contribution in [0.2, 0.25) is 5.02 Å². The Bertz CT molecular complexity index is 453. The van der Waals surface area contributed by atoms with E-state index in [1.165, 1.54) is 0 Å². The zero-order valence-electron chi connectivity index (χ0n) is 11.6. The van der Waals surface area contributed by atoms with E-state index >= 15 is 0 Å². The molecule has 0 aliphatic carbocycles. The van der Waals surface area contributed by atoms with E-state index in [0.29, 0.717) is 11.1 Å². The van der Waals surface area contributed by atoms with Crippen LogP contribution < -0.4 is 5.32 Å². The van der Waals surface area contributed by atoms with Crippen LogP contribution in [0.15, 0.2) is 18.2 Å². The molecule has 19 heavy (non-hydrogen) atoms. The molecule has 1 aromatic carbocycles. The fourth-order valence-corrected chi connectivity index (χ4v) is 2.65. The van der Waals surface area contributed by atoms with E-state index in [1.54, 1.807) is 6.07 Å². The van der Waals surface area contributed by atoms with Crippen molar-refractivity contribution in [3.8, 4) is 0 Å². The molecule has 1 saturated heterocycles. The van der Waals surface area contributed by atoms with Gasteiger partial charge >= 0.3 is 0 Å². The molecule has 1 unspecified atom stereocenters. The number of hydrogen-bond acceptors (Lipinski definition) is 2. The minimum absolute atomic E-state index is 0.0895. The maximum Gasteiger partial charge on any atom is 0.253 e. The summed E-state index contributed by atoms with van der Waals surface area (Å²) in [4.78, 5) is 14.4. The third kappa shape index (κ3) is 3.48. The number of carbonyl (C=O) groups is 1. The molecule has 104 valence electrons. The van der Waals surface area contributed by atoms with Crippen LogP contribution >= 0.6 is 11.6 Å². The van der Waals surface area contributed by atoms with E-state index in [4.69, 9.17) is 11.6 Å². The standard InChI is InChI=1S/C15H21ClN2O/c1-11-10-12(5-6-14(11)16)15(19)18(2)13-4-3-8-17-9-7-13/h5-6,10,13,17H,3-4,7-9H2,1-2H3. The Morgan fingerprint density at radius 3 is 2.89 bits per heavy atom. The van der Waals surface area contributed by atoms with Crippen molar-refractivity contribution in [1.29, 1.82) is 0 Å². The summed E-state index contributed by atoms with van der Waals surface area (Å²) in [6.45, 7) is 3.97. The minimum atomic E-state index is 0.0895. The van der Waals surface area contributed by atoms with Crippen LogP contribution in [0, 0.1) is 6.92 Å². The largest absolute Gasteiger partial charge is 0.339 e. The van der Waals surface area contributed by atoms with Crippen molar-refractivity contribution in [2.24, 2.45) is 0 Å². The summed E-state index contributed by atoms with van der Waals surface area (Å²) in [6.07, 6.45) is 3.22. The number of benzene rings is 1. The van der Waals surface area contributed by atoms with Crippen molar-refractivity contribution in [3.05, 3.63) is 34.3 Å². The van der Waals surface area contributed by atoms with Crippen LogP contribution in [-0.4, -0.2) is 37.0 Å². The van der Waals surface area contributed by atoms with E-state index in [-0.39, 0.29) is 5.91 Å². The summed E-state index contributed by atoms with van der Waals surface area (Å²) in [6, 6.07) is 5.81. The average molecular weight is 281 g/mol. The summed E-state index contributed by atoms with van der Waals surface area (Å²) in [5, 5.41) is 4.08. The van der Waals surface area contributed by atoms with Gasteiger partial charge in [-0.25, -0.2) is 0 Å². The molecule has 1 heterocycles. The minimum Gasteiger partial charge on any atom is -0.339 e. The topological polar surface area (TPSA) is 32.3 Å². The first-order valence-corrected chi connectivity index (χ1v) is 7.21. The Labute approximate surface area is 119 Å². The zero-order chi connectivity index (χ0) is 13.8. The maximum absolute atomic E-state index is 12.5. The van der Waals surface area contributed by atoms with Crippen LogP contribution in [0.3, 0.4) is 0 Å². The fraction of sp³-hybridized carbons (Fsp3) is 0.533. The van der Waals surface area contributed by atoms with Crippen LogP contribution in [-0.2, 0) is 0 Å². The van der Waals surface area contributed by atoms with Gasteiger partial charge in [-0.2, -0.15) is 0 Å². The SMILES string of the molecule is Cc1cc(C(=O)N(C)C2CCCNCC2)ccc1Cl. The van der Waals surface area contributed by atoms with Crippen LogP contribution in [0.25, 0.3) is 0 Å². The molecule has 0 bridgehead atoms. The van der Waals surface area contributed by atoms with Gasteiger partial charge in [0, 0.05) is 23.7 Å². The second-order valence-corrected chi connectivity index (χ2v) is 5.62. The molecule has 1 N–H and O–H groups in total. The second kappa shape index (κ2) is 6.40. The molecular formula is C15H21ClN2O. The number of nitrogens with one attached hydrogen (secondary N) is 1. The first kappa shape index (κ1) is 14.4. The highest BCUT2D eigenvalue weighted by molar-refractivity contribution is 6.31. The molecule has 4 heteroatoms. The molecular weight excluding hydrogens is 260 g/mol. The Hall–Kier alpha value is -1.06. The lowest BCUT2D eigenvalue weighted by molar-refractivity contribution is 0.0720. The van der Waals surface area contributed by atoms with Crippen molar-refractivity contribution in [2.45, 2.75) is 32.2 Å². The third-order valence-electron chi connectivity index (χ3n) is 3.82. The van der Waals surface area contributed by atoms with Crippen molar-refractivity contribution in [3.63, 3.8) is 0 Å². The zero-order valence-corrected chi connectivity index (χ0v) is 12.3. The number of rotatable bonds is 2. The first-order chi connectivity index (χ1) is 9.09. The van der Waals surface area contributed by atoms with E-state index in [2.05, 4.69) is 5.32 Å². The highest BCUT2D eigenvalue weighted by Crippen LogP contribution is 2.19. The molecule has 1 fully saturated rings. The Morgan fingerprint density at radius 1 is 1.37 bits per heavy atom. The summed E-state index contributed by atoms with van der Waals surface area (Å²) in [5.74, 6) is 0.0895. The van der Waals surface area contributed by atoms with Crippen molar-refractivity contribution in [1.82, 2.24) is 10.2 Å². The van der Waals surface area contributed by atoms with E-state index in [1.807, 2.05) is 31.0 Å². The molecule has 0 spiro atoms. The normalized spacial score (nSPS) is 19.8. The Balaban J connectivity index is 2.10. The molecule has 1 amide bonds. The molecule has 0 aromatic heterocycles. The molecule has 1 aliphatic rings. The smallest absolute Gasteiger partial charge is 0.253 e. The summed E-state index contributed by atoms with van der Waals surface area (Å²) >= 11 is 6.00. The van der Waals surface area contributed by atoms with Gasteiger partial charge in [0.1, 0.15) is 0 Å². The van der Waals surface area contributed by atoms with Gasteiger partial charge < -0.3 is 10.2 Å². The van der Waals surface area contributed by atoms with Crippen molar-refractivity contribution in [2.75, 3.05) is 20.1 Å². The number of hydrogen-bond donors (Lipinski definition) is 1. The third-order valence-corrected chi connectivity index (χ3v) is 4.24. The van der Waals surface area contributed by atoms with E-state index < -0.39 is 0 Å². The number of nitrogens with zero attached hydrogens (tertiary/aromatic N) is 1. The quantitative estimate of drug-likeness (QED) is 0.903. The molecule has 1 atom stereocenters. The number of halogens is 1. The van der Waals surface area contributed by atoms with Gasteiger partial charge in [0.05, 0.1) is 0 Å². The van der Waals surface area contributed by atoms with E-state index in [0.717, 1.165) is 43.5 Å². The van der Waals surface area contributed by atoms with Gasteiger partial charge in [0.2, 0.25) is 0 Å². The highest BCUT2D eigenvalue weighted by Gasteiger charge is 2.22. The van der Waals surface area contributed by atoms with Gasteiger partial charge in [-0.3, -0.25) is 4.79 Å². The highest BCUT2D eigenvalue weighted by atomic mass is 35.5. The fourth-order valence-electron chi connectivity index (χ4n) is 2.54. The molecule has 0 saturated carbocycles. The molecule has 0 radical (unpaired) electrons. The van der Waals surface area contributed by atoms with Gasteiger partial charge in [-0.1, -0.05) is 11.6 Å².